The first kappa shape index (κ1) is 15.5. The number of hydrogen-bond acceptors (Lipinski definition) is 2. The zero-order chi connectivity index (χ0) is 14.5. The van der Waals surface area contributed by atoms with Crippen molar-refractivity contribution in [1.82, 2.24) is 0 Å². The standard InChI is InChI=1S/C15H14BrF2NS/c16-13-6-5-11(17)7-10(13)8-12(19)9-20-15-4-2-1-3-14(15)18/h1-7,12H,8-9,19H2. The molecule has 0 aliphatic carbocycles. The average Bonchev–Trinajstić information content (AvgIpc) is 2.42. The summed E-state index contributed by atoms with van der Waals surface area (Å²) in [5.74, 6) is 0.0537. The van der Waals surface area contributed by atoms with Crippen molar-refractivity contribution in [3.63, 3.8) is 0 Å². The van der Waals surface area contributed by atoms with E-state index in [0.717, 1.165) is 10.0 Å². The number of thioether (sulfide) groups is 1. The van der Waals surface area contributed by atoms with Crippen LogP contribution in [0.4, 0.5) is 8.78 Å². The van der Waals surface area contributed by atoms with E-state index < -0.39 is 0 Å². The smallest absolute Gasteiger partial charge is 0.136 e. The fraction of sp³-hybridized carbons (Fsp3) is 0.200. The molecule has 1 atom stereocenters. The zero-order valence-corrected chi connectivity index (χ0v) is 13.1. The minimum absolute atomic E-state index is 0.169. The van der Waals surface area contributed by atoms with Crippen LogP contribution in [0.1, 0.15) is 5.56 Å². The van der Waals surface area contributed by atoms with Gasteiger partial charge in [-0.05, 0) is 42.3 Å². The Bertz CT molecular complexity index is 592. The Kier molecular flexibility index (Phi) is 5.57. The van der Waals surface area contributed by atoms with Crippen LogP contribution >= 0.6 is 27.7 Å². The second kappa shape index (κ2) is 7.20. The highest BCUT2D eigenvalue weighted by Gasteiger charge is 2.10. The molecular formula is C15H14BrF2NS. The Hall–Kier alpha value is -0.910. The first-order valence-corrected chi connectivity index (χ1v) is 7.91. The van der Waals surface area contributed by atoms with Gasteiger partial charge in [0.1, 0.15) is 11.6 Å². The Morgan fingerprint density at radius 3 is 2.65 bits per heavy atom. The molecule has 1 unspecified atom stereocenters. The molecule has 2 aromatic rings. The molecule has 0 aliphatic rings. The zero-order valence-electron chi connectivity index (χ0n) is 10.7. The number of rotatable bonds is 5. The summed E-state index contributed by atoms with van der Waals surface area (Å²) in [6.07, 6.45) is 0.541. The Labute approximate surface area is 129 Å². The number of hydrogen-bond donors (Lipinski definition) is 1. The first-order valence-electron chi connectivity index (χ1n) is 6.13. The van der Waals surface area contributed by atoms with Gasteiger partial charge in [-0.2, -0.15) is 0 Å². The molecule has 0 radical (unpaired) electrons. The van der Waals surface area contributed by atoms with Crippen molar-refractivity contribution in [2.45, 2.75) is 17.4 Å². The van der Waals surface area contributed by atoms with Gasteiger partial charge in [-0.3, -0.25) is 0 Å². The summed E-state index contributed by atoms with van der Waals surface area (Å²) in [5.41, 5.74) is 6.86. The maximum atomic E-state index is 13.5. The molecule has 0 bridgehead atoms. The van der Waals surface area contributed by atoms with Crippen molar-refractivity contribution >= 4 is 27.7 Å². The lowest BCUT2D eigenvalue weighted by Crippen LogP contribution is -2.25. The SMILES string of the molecule is NC(CSc1ccccc1F)Cc1cc(F)ccc1Br. The molecule has 0 saturated carbocycles. The Morgan fingerprint density at radius 2 is 1.90 bits per heavy atom. The predicted octanol–water partition coefficient (Wildman–Crippen LogP) is 4.39. The molecule has 1 nitrogen and oxygen atoms in total. The average molecular weight is 358 g/mol. The fourth-order valence-electron chi connectivity index (χ4n) is 1.80. The maximum Gasteiger partial charge on any atom is 0.136 e. The lowest BCUT2D eigenvalue weighted by Gasteiger charge is -2.13. The number of halogens is 3. The molecular weight excluding hydrogens is 344 g/mol. The van der Waals surface area contributed by atoms with E-state index in [1.807, 2.05) is 0 Å². The summed E-state index contributed by atoms with van der Waals surface area (Å²) >= 11 is 4.75. The summed E-state index contributed by atoms with van der Waals surface area (Å²) < 4.78 is 27.5. The van der Waals surface area contributed by atoms with E-state index in [2.05, 4.69) is 15.9 Å². The largest absolute Gasteiger partial charge is 0.327 e. The number of benzene rings is 2. The molecule has 0 spiro atoms. The first-order chi connectivity index (χ1) is 9.56. The van der Waals surface area contributed by atoms with Crippen LogP contribution in [0.15, 0.2) is 51.8 Å². The van der Waals surface area contributed by atoms with Crippen LogP contribution in [0.25, 0.3) is 0 Å². The van der Waals surface area contributed by atoms with Gasteiger partial charge in [0.15, 0.2) is 0 Å². The van der Waals surface area contributed by atoms with Crippen LogP contribution in [0.3, 0.4) is 0 Å². The molecule has 0 aliphatic heterocycles. The molecule has 2 aromatic carbocycles. The molecule has 0 saturated heterocycles. The molecule has 0 heterocycles. The molecule has 2 rings (SSSR count). The van der Waals surface area contributed by atoms with Crippen LogP contribution in [-0.2, 0) is 6.42 Å². The number of nitrogens with two attached hydrogens (primary N) is 1. The Morgan fingerprint density at radius 1 is 1.15 bits per heavy atom. The summed E-state index contributed by atoms with van der Waals surface area (Å²) in [6.45, 7) is 0. The quantitative estimate of drug-likeness (QED) is 0.803. The highest BCUT2D eigenvalue weighted by Crippen LogP contribution is 2.24. The van der Waals surface area contributed by atoms with Crippen molar-refractivity contribution in [1.29, 1.82) is 0 Å². The summed E-state index contributed by atoms with van der Waals surface area (Å²) in [7, 11) is 0. The van der Waals surface area contributed by atoms with Crippen molar-refractivity contribution in [3.05, 3.63) is 64.1 Å². The van der Waals surface area contributed by atoms with Crippen LogP contribution in [0, 0.1) is 11.6 Å². The third-order valence-corrected chi connectivity index (χ3v) is 4.79. The van der Waals surface area contributed by atoms with E-state index in [0.29, 0.717) is 17.1 Å². The van der Waals surface area contributed by atoms with Crippen LogP contribution in [-0.4, -0.2) is 11.8 Å². The van der Waals surface area contributed by atoms with E-state index in [1.165, 1.54) is 30.0 Å². The molecule has 2 N–H and O–H groups in total. The molecule has 0 amide bonds. The van der Waals surface area contributed by atoms with Gasteiger partial charge in [-0.15, -0.1) is 11.8 Å². The van der Waals surface area contributed by atoms with Gasteiger partial charge in [-0.1, -0.05) is 28.1 Å². The third-order valence-electron chi connectivity index (χ3n) is 2.78. The lowest BCUT2D eigenvalue weighted by molar-refractivity contribution is 0.601. The van der Waals surface area contributed by atoms with Gasteiger partial charge in [0, 0.05) is 21.2 Å². The molecule has 106 valence electrons. The monoisotopic (exact) mass is 357 g/mol. The van der Waals surface area contributed by atoms with Gasteiger partial charge >= 0.3 is 0 Å². The normalized spacial score (nSPS) is 12.4. The van der Waals surface area contributed by atoms with E-state index in [4.69, 9.17) is 5.73 Å². The van der Waals surface area contributed by atoms with Crippen LogP contribution < -0.4 is 5.73 Å². The minimum Gasteiger partial charge on any atom is -0.327 e. The van der Waals surface area contributed by atoms with Crippen molar-refractivity contribution < 1.29 is 8.78 Å². The van der Waals surface area contributed by atoms with E-state index in [-0.39, 0.29) is 17.7 Å². The summed E-state index contributed by atoms with van der Waals surface area (Å²) in [6, 6.07) is 11.0. The van der Waals surface area contributed by atoms with Gasteiger partial charge < -0.3 is 5.73 Å². The highest BCUT2D eigenvalue weighted by molar-refractivity contribution is 9.10. The van der Waals surface area contributed by atoms with Crippen LogP contribution in [0.2, 0.25) is 0 Å². The summed E-state index contributed by atoms with van der Waals surface area (Å²) in [4.78, 5) is 0.584. The Balaban J connectivity index is 1.94. The van der Waals surface area contributed by atoms with E-state index >= 15 is 0 Å². The second-order valence-corrected chi connectivity index (χ2v) is 6.36. The maximum absolute atomic E-state index is 13.5. The second-order valence-electron chi connectivity index (χ2n) is 4.44. The van der Waals surface area contributed by atoms with E-state index in [1.54, 1.807) is 24.3 Å². The van der Waals surface area contributed by atoms with Crippen molar-refractivity contribution in [2.75, 3.05) is 5.75 Å². The van der Waals surface area contributed by atoms with Crippen LogP contribution in [0.5, 0.6) is 0 Å². The minimum atomic E-state index is -0.280. The predicted molar refractivity (Wildman–Crippen MR) is 82.9 cm³/mol. The van der Waals surface area contributed by atoms with E-state index in [9.17, 15) is 8.78 Å². The molecule has 20 heavy (non-hydrogen) atoms. The van der Waals surface area contributed by atoms with Crippen molar-refractivity contribution in [2.24, 2.45) is 5.73 Å². The summed E-state index contributed by atoms with van der Waals surface area (Å²) in [5, 5.41) is 0. The highest BCUT2D eigenvalue weighted by atomic mass is 79.9. The molecule has 5 heteroatoms. The van der Waals surface area contributed by atoms with Gasteiger partial charge in [0.2, 0.25) is 0 Å². The fourth-order valence-corrected chi connectivity index (χ4v) is 3.10. The van der Waals surface area contributed by atoms with Gasteiger partial charge in [0.25, 0.3) is 0 Å². The van der Waals surface area contributed by atoms with Gasteiger partial charge in [0.05, 0.1) is 0 Å². The molecule has 0 fully saturated rings. The van der Waals surface area contributed by atoms with Gasteiger partial charge in [-0.25, -0.2) is 8.78 Å². The van der Waals surface area contributed by atoms with Crippen molar-refractivity contribution in [3.8, 4) is 0 Å². The lowest BCUT2D eigenvalue weighted by atomic mass is 10.1. The topological polar surface area (TPSA) is 26.0 Å². The third kappa shape index (κ3) is 4.30. The molecule has 0 aromatic heterocycles.